The molecule has 8 nitrogen and oxygen atoms in total. The van der Waals surface area contributed by atoms with Crippen molar-refractivity contribution in [3.63, 3.8) is 0 Å². The van der Waals surface area contributed by atoms with Gasteiger partial charge in [0, 0.05) is 56.5 Å². The Labute approximate surface area is 255 Å². The maximum absolute atomic E-state index is 15.3. The Morgan fingerprint density at radius 3 is 2.25 bits per heavy atom. The lowest BCUT2D eigenvalue weighted by molar-refractivity contribution is -0.131. The average Bonchev–Trinajstić information content (AvgIpc) is 3.67. The first-order valence-corrected chi connectivity index (χ1v) is 13.8. The summed E-state index contributed by atoms with van der Waals surface area (Å²) in [5.41, 5.74) is 1.16. The number of halogens is 3. The largest absolute Gasteiger partial charge is 0.452 e. The molecule has 0 bridgehead atoms. The number of anilines is 2. The molecular weight excluding hydrogens is 571 g/mol. The lowest BCUT2D eigenvalue weighted by Gasteiger charge is -2.16. The summed E-state index contributed by atoms with van der Waals surface area (Å²) in [6, 6.07) is 15.5. The van der Waals surface area contributed by atoms with Crippen molar-refractivity contribution >= 4 is 35.2 Å². The van der Waals surface area contributed by atoms with Gasteiger partial charge in [-0.25, -0.2) is 13.2 Å². The number of aromatic nitrogens is 1. The Morgan fingerprint density at radius 1 is 0.932 bits per heavy atom. The number of amides is 2. The van der Waals surface area contributed by atoms with E-state index in [4.69, 9.17) is 10.1 Å². The van der Waals surface area contributed by atoms with Crippen LogP contribution in [0.3, 0.4) is 0 Å². The van der Waals surface area contributed by atoms with Crippen molar-refractivity contribution < 1.29 is 30.4 Å². The van der Waals surface area contributed by atoms with E-state index in [-0.39, 0.29) is 20.0 Å². The summed E-state index contributed by atoms with van der Waals surface area (Å²) in [7, 11) is 3.82. The quantitative estimate of drug-likeness (QED) is 0.0832. The number of H-pyrrole nitrogens is 1. The summed E-state index contributed by atoms with van der Waals surface area (Å²) < 4.78 is 49.2. The number of benzene rings is 3. The van der Waals surface area contributed by atoms with Gasteiger partial charge in [0.25, 0.3) is 0 Å². The molecule has 0 aliphatic heterocycles. The molecule has 0 unspecified atom stereocenters. The molecule has 1 aliphatic carbocycles. The van der Waals surface area contributed by atoms with E-state index in [1.165, 1.54) is 48.5 Å². The van der Waals surface area contributed by atoms with Gasteiger partial charge in [0.15, 0.2) is 17.3 Å². The summed E-state index contributed by atoms with van der Waals surface area (Å²) in [6.07, 6.45) is 4.49. The first kappa shape index (κ1) is 30.3. The van der Waals surface area contributed by atoms with Gasteiger partial charge in [-0.2, -0.15) is 0 Å². The normalized spacial score (nSPS) is 13.8. The van der Waals surface area contributed by atoms with Gasteiger partial charge < -0.3 is 30.7 Å². The van der Waals surface area contributed by atoms with Crippen molar-refractivity contribution in [2.24, 2.45) is 5.41 Å². The van der Waals surface area contributed by atoms with E-state index in [9.17, 15) is 18.4 Å². The van der Waals surface area contributed by atoms with Gasteiger partial charge in [0.1, 0.15) is 17.0 Å². The zero-order chi connectivity index (χ0) is 31.4. The molecule has 1 aromatic heterocycles. The third-order valence-corrected chi connectivity index (χ3v) is 7.18. The van der Waals surface area contributed by atoms with E-state index < -0.39 is 34.7 Å². The minimum absolute atomic E-state index is 0. The van der Waals surface area contributed by atoms with Gasteiger partial charge >= 0.3 is 0 Å². The van der Waals surface area contributed by atoms with Gasteiger partial charge in [0.2, 0.25) is 11.8 Å². The van der Waals surface area contributed by atoms with Gasteiger partial charge in [0.05, 0.1) is 5.69 Å². The summed E-state index contributed by atoms with van der Waals surface area (Å²) in [4.78, 5) is 30.8. The molecule has 0 saturated heterocycles. The number of allylic oxidation sites excluding steroid dienone is 1. The third kappa shape index (κ3) is 6.57. The van der Waals surface area contributed by atoms with Crippen LogP contribution >= 0.6 is 0 Å². The maximum Gasteiger partial charge on any atom is 0.240 e. The number of ether oxygens (including phenoxy) is 1. The number of carbonyl (C=O) groups excluding carboxylic acids is 2. The second-order valence-electron chi connectivity index (χ2n) is 10.8. The minimum Gasteiger partial charge on any atom is -0.452 e. The van der Waals surface area contributed by atoms with Crippen molar-refractivity contribution in [3.05, 3.63) is 108 Å². The van der Waals surface area contributed by atoms with Crippen LogP contribution in [0.15, 0.2) is 79.0 Å². The van der Waals surface area contributed by atoms with E-state index in [1.54, 1.807) is 24.4 Å². The van der Waals surface area contributed by atoms with Crippen molar-refractivity contribution in [3.8, 4) is 16.9 Å². The van der Waals surface area contributed by atoms with E-state index in [0.29, 0.717) is 41.9 Å². The Bertz CT molecular complexity index is 1760. The number of rotatable bonds is 11. The number of hydrogen-bond donors (Lipinski definition) is 4. The summed E-state index contributed by atoms with van der Waals surface area (Å²) >= 11 is 0. The molecule has 3 aromatic carbocycles. The second kappa shape index (κ2) is 12.6. The molecule has 230 valence electrons. The summed E-state index contributed by atoms with van der Waals surface area (Å²) in [5.74, 6) is -2.97. The zero-order valence-corrected chi connectivity index (χ0v) is 24.0. The third-order valence-electron chi connectivity index (χ3n) is 7.18. The fourth-order valence-corrected chi connectivity index (χ4v) is 4.78. The number of hydrogen-bond acceptors (Lipinski definition) is 5. The number of carbonyl (C=O) groups is 2. The maximum atomic E-state index is 15.3. The number of nitrogens with zero attached hydrogens (tertiary/aromatic N) is 1. The van der Waals surface area contributed by atoms with E-state index >= 15 is 4.39 Å². The Kier molecular flexibility index (Phi) is 8.68. The number of nitrogens with one attached hydrogen (secondary N) is 4. The van der Waals surface area contributed by atoms with E-state index in [2.05, 4.69) is 15.6 Å². The van der Waals surface area contributed by atoms with E-state index in [0.717, 1.165) is 17.8 Å². The molecule has 5 rings (SSSR count). The lowest BCUT2D eigenvalue weighted by Crippen LogP contribution is -2.35. The van der Waals surface area contributed by atoms with Gasteiger partial charge in [-0.05, 0) is 87.1 Å². The van der Waals surface area contributed by atoms with Crippen LogP contribution in [0, 0.1) is 28.3 Å². The van der Waals surface area contributed by atoms with E-state index in [1.807, 2.05) is 19.0 Å². The van der Waals surface area contributed by atoms with Crippen molar-refractivity contribution in [2.75, 3.05) is 24.7 Å². The molecule has 4 aromatic rings. The molecule has 0 spiro atoms. The molecule has 0 atom stereocenters. The fourth-order valence-electron chi connectivity index (χ4n) is 4.78. The average molecular weight is 606 g/mol. The van der Waals surface area contributed by atoms with Crippen LogP contribution < -0.4 is 15.4 Å². The predicted molar refractivity (Wildman–Crippen MR) is 167 cm³/mol. The number of aromatic amines is 1. The Morgan fingerprint density at radius 2 is 1.61 bits per heavy atom. The molecule has 1 fully saturated rings. The van der Waals surface area contributed by atoms with Crippen LogP contribution in [0.25, 0.3) is 16.9 Å². The molecular formula is C33H34F3N5O3. The standard InChI is InChI=1S/C33H30F3N5O3.2H2/c1-41(2)19-20-3-9-26(35)25(17-20)24-12-16-38-30(24)29(11-15-37)44-28-10-8-23(18-27(28)36)40-32(43)33(13-14-33)31(42)39-22-6-4-21(34)5-7-22;;/h3-12,15-18,37-38H,13-14,19H2,1-2H3,(H,39,42)(H,40,43);2*1H/b29-11+,37-15?;;. The topological polar surface area (TPSA) is 110 Å². The van der Waals surface area contributed by atoms with Crippen molar-refractivity contribution in [1.82, 2.24) is 9.88 Å². The summed E-state index contributed by atoms with van der Waals surface area (Å²) in [6.45, 7) is 0.598. The zero-order valence-electron chi connectivity index (χ0n) is 24.0. The highest BCUT2D eigenvalue weighted by molar-refractivity contribution is 6.16. The smallest absolute Gasteiger partial charge is 0.240 e. The highest BCUT2D eigenvalue weighted by Crippen LogP contribution is 2.47. The Balaban J connectivity index is 0.00000288. The molecule has 2 amide bonds. The molecule has 4 N–H and O–H groups in total. The predicted octanol–water partition coefficient (Wildman–Crippen LogP) is 7.08. The molecule has 1 aliphatic rings. The minimum atomic E-state index is -1.32. The van der Waals surface area contributed by atoms with Crippen LogP contribution in [0.4, 0.5) is 24.5 Å². The molecule has 0 radical (unpaired) electrons. The molecule has 11 heteroatoms. The van der Waals surface area contributed by atoms with Gasteiger partial charge in [-0.3, -0.25) is 9.59 Å². The van der Waals surface area contributed by atoms with Crippen LogP contribution in [-0.4, -0.2) is 42.0 Å². The van der Waals surface area contributed by atoms with Crippen molar-refractivity contribution in [2.45, 2.75) is 19.4 Å². The first-order chi connectivity index (χ1) is 21.1. The lowest BCUT2D eigenvalue weighted by atomic mass is 10.0. The highest BCUT2D eigenvalue weighted by atomic mass is 19.1. The molecule has 44 heavy (non-hydrogen) atoms. The molecule has 1 heterocycles. The van der Waals surface area contributed by atoms with Crippen LogP contribution in [-0.2, 0) is 16.1 Å². The van der Waals surface area contributed by atoms with Crippen LogP contribution in [0.1, 0.15) is 27.0 Å². The fraction of sp³-hybridized carbons (Fsp3) is 0.182. The Hall–Kier alpha value is -5.16. The molecule has 1 saturated carbocycles. The first-order valence-electron chi connectivity index (χ1n) is 13.8. The van der Waals surface area contributed by atoms with Crippen molar-refractivity contribution in [1.29, 1.82) is 5.41 Å². The van der Waals surface area contributed by atoms with Gasteiger partial charge in [-0.15, -0.1) is 0 Å². The summed E-state index contributed by atoms with van der Waals surface area (Å²) in [5, 5.41) is 12.8. The SMILES string of the molecule is CN(C)Cc1ccc(F)c(-c2cc[nH]c2/C(=C\C=N)Oc2ccc(NC(=O)C3(C(=O)Nc4ccc(F)cc4)CC3)cc2F)c1.[HH].[HH]. The second-order valence-corrected chi connectivity index (χ2v) is 10.8. The van der Waals surface area contributed by atoms with Crippen LogP contribution in [0.2, 0.25) is 0 Å². The van der Waals surface area contributed by atoms with Gasteiger partial charge in [-0.1, -0.05) is 6.07 Å². The monoisotopic (exact) mass is 605 g/mol. The highest BCUT2D eigenvalue weighted by Gasteiger charge is 2.56. The van der Waals surface area contributed by atoms with Crippen LogP contribution in [0.5, 0.6) is 5.75 Å².